The van der Waals surface area contributed by atoms with E-state index < -0.39 is 0 Å². The van der Waals surface area contributed by atoms with Gasteiger partial charge in [0.1, 0.15) is 5.82 Å². The molecule has 1 aromatic carbocycles. The zero-order valence-electron chi connectivity index (χ0n) is 10.0. The topological polar surface area (TPSA) is 41.1 Å². The number of amides is 1. The summed E-state index contributed by atoms with van der Waals surface area (Å²) in [4.78, 5) is 11.7. The van der Waals surface area contributed by atoms with Crippen molar-refractivity contribution in [2.24, 2.45) is 0 Å². The van der Waals surface area contributed by atoms with Crippen LogP contribution in [0.5, 0.6) is 0 Å². The zero-order chi connectivity index (χ0) is 12.0. The van der Waals surface area contributed by atoms with Crippen LogP contribution in [0, 0.1) is 12.7 Å². The number of halogens is 2. The van der Waals surface area contributed by atoms with Gasteiger partial charge in [0.2, 0.25) is 0 Å². The lowest BCUT2D eigenvalue weighted by atomic mass is 10.1. The molecule has 0 aromatic heterocycles. The van der Waals surface area contributed by atoms with Crippen LogP contribution in [0.15, 0.2) is 18.2 Å². The molecule has 1 amide bonds. The molecule has 96 valence electrons. The van der Waals surface area contributed by atoms with Gasteiger partial charge in [-0.15, -0.1) is 12.4 Å². The molecular formula is C12H18ClFN2O. The van der Waals surface area contributed by atoms with Gasteiger partial charge < -0.3 is 10.6 Å². The molecule has 3 nitrogen and oxygen atoms in total. The van der Waals surface area contributed by atoms with Crippen molar-refractivity contribution in [3.8, 4) is 0 Å². The molecule has 5 heteroatoms. The van der Waals surface area contributed by atoms with Crippen molar-refractivity contribution in [3.63, 3.8) is 0 Å². The van der Waals surface area contributed by atoms with Crippen LogP contribution in [0.2, 0.25) is 0 Å². The van der Waals surface area contributed by atoms with Crippen LogP contribution >= 0.6 is 12.4 Å². The minimum absolute atomic E-state index is 0. The molecule has 2 N–H and O–H groups in total. The SMILES string of the molecule is CNCCCNC(=O)c1cc(F)ccc1C.Cl. The number of aryl methyl sites for hydroxylation is 1. The first-order valence-corrected chi connectivity index (χ1v) is 5.34. The lowest BCUT2D eigenvalue weighted by Crippen LogP contribution is -2.27. The van der Waals surface area contributed by atoms with E-state index in [1.807, 2.05) is 7.05 Å². The van der Waals surface area contributed by atoms with Crippen LogP contribution in [0.1, 0.15) is 22.3 Å². The van der Waals surface area contributed by atoms with E-state index in [-0.39, 0.29) is 24.1 Å². The second-order valence-corrected chi connectivity index (χ2v) is 3.67. The first kappa shape index (κ1) is 15.9. The van der Waals surface area contributed by atoms with Gasteiger partial charge in [0.25, 0.3) is 5.91 Å². The fraction of sp³-hybridized carbons (Fsp3) is 0.417. The van der Waals surface area contributed by atoms with Crippen molar-refractivity contribution in [3.05, 3.63) is 35.1 Å². The maximum absolute atomic E-state index is 13.0. The molecule has 0 saturated carbocycles. The average Bonchev–Trinajstić information content (AvgIpc) is 2.27. The lowest BCUT2D eigenvalue weighted by Gasteiger charge is -2.07. The summed E-state index contributed by atoms with van der Waals surface area (Å²) in [7, 11) is 1.86. The smallest absolute Gasteiger partial charge is 0.251 e. The Morgan fingerprint density at radius 1 is 1.35 bits per heavy atom. The molecule has 0 unspecified atom stereocenters. The highest BCUT2D eigenvalue weighted by atomic mass is 35.5. The summed E-state index contributed by atoms with van der Waals surface area (Å²) in [6.07, 6.45) is 0.858. The molecule has 1 aromatic rings. The second kappa shape index (κ2) is 8.03. The maximum atomic E-state index is 13.0. The van der Waals surface area contributed by atoms with Crippen LogP contribution in [0.25, 0.3) is 0 Å². The quantitative estimate of drug-likeness (QED) is 0.794. The lowest BCUT2D eigenvalue weighted by molar-refractivity contribution is 0.0952. The molecule has 0 aliphatic heterocycles. The third kappa shape index (κ3) is 5.15. The molecule has 0 saturated heterocycles. The third-order valence-corrected chi connectivity index (χ3v) is 2.33. The van der Waals surface area contributed by atoms with Crippen molar-refractivity contribution in [2.45, 2.75) is 13.3 Å². The molecule has 0 bridgehead atoms. The highest BCUT2D eigenvalue weighted by Gasteiger charge is 2.08. The van der Waals surface area contributed by atoms with Crippen LogP contribution in [0.4, 0.5) is 4.39 Å². The summed E-state index contributed by atoms with van der Waals surface area (Å²) in [5.74, 6) is -0.598. The fourth-order valence-electron chi connectivity index (χ4n) is 1.40. The molecule has 0 spiro atoms. The molecule has 0 radical (unpaired) electrons. The fourth-order valence-corrected chi connectivity index (χ4v) is 1.40. The Labute approximate surface area is 107 Å². The molecule has 0 heterocycles. The normalized spacial score (nSPS) is 9.59. The van der Waals surface area contributed by atoms with E-state index in [1.165, 1.54) is 12.1 Å². The molecule has 0 aliphatic rings. The predicted octanol–water partition coefficient (Wildman–Crippen LogP) is 1.90. The molecular weight excluding hydrogens is 243 g/mol. The van der Waals surface area contributed by atoms with Crippen molar-refractivity contribution >= 4 is 18.3 Å². The van der Waals surface area contributed by atoms with Crippen LogP contribution in [-0.4, -0.2) is 26.0 Å². The van der Waals surface area contributed by atoms with Crippen molar-refractivity contribution in [1.82, 2.24) is 10.6 Å². The van der Waals surface area contributed by atoms with Crippen LogP contribution in [0.3, 0.4) is 0 Å². The van der Waals surface area contributed by atoms with Gasteiger partial charge in [-0.1, -0.05) is 6.07 Å². The van der Waals surface area contributed by atoms with Gasteiger partial charge in [-0.3, -0.25) is 4.79 Å². The van der Waals surface area contributed by atoms with Crippen molar-refractivity contribution < 1.29 is 9.18 Å². The Morgan fingerprint density at radius 3 is 2.71 bits per heavy atom. The third-order valence-electron chi connectivity index (χ3n) is 2.33. The Morgan fingerprint density at radius 2 is 2.06 bits per heavy atom. The summed E-state index contributed by atoms with van der Waals surface area (Å²) < 4.78 is 13.0. The minimum atomic E-state index is -0.383. The van der Waals surface area contributed by atoms with Gasteiger partial charge in [0.05, 0.1) is 0 Å². The van der Waals surface area contributed by atoms with Gasteiger partial charge >= 0.3 is 0 Å². The van der Waals surface area contributed by atoms with Crippen molar-refractivity contribution in [1.29, 1.82) is 0 Å². The Bertz CT molecular complexity index is 372. The van der Waals surface area contributed by atoms with Crippen LogP contribution < -0.4 is 10.6 Å². The summed E-state index contributed by atoms with van der Waals surface area (Å²) >= 11 is 0. The van der Waals surface area contributed by atoms with E-state index in [2.05, 4.69) is 10.6 Å². The maximum Gasteiger partial charge on any atom is 0.251 e. The Kier molecular flexibility index (Phi) is 7.50. The first-order chi connectivity index (χ1) is 7.65. The van der Waals surface area contributed by atoms with E-state index in [1.54, 1.807) is 13.0 Å². The standard InChI is InChI=1S/C12H17FN2O.ClH/c1-9-4-5-10(13)8-11(9)12(16)15-7-3-6-14-2;/h4-5,8,14H,3,6-7H2,1-2H3,(H,15,16);1H. The number of carbonyl (C=O) groups is 1. The summed E-state index contributed by atoms with van der Waals surface area (Å²) in [6.45, 7) is 3.24. The summed E-state index contributed by atoms with van der Waals surface area (Å²) in [5, 5.41) is 5.75. The number of nitrogens with one attached hydrogen (secondary N) is 2. The van der Waals surface area contributed by atoms with E-state index in [4.69, 9.17) is 0 Å². The average molecular weight is 261 g/mol. The number of hydrogen-bond acceptors (Lipinski definition) is 2. The van der Waals surface area contributed by atoms with E-state index in [9.17, 15) is 9.18 Å². The van der Waals surface area contributed by atoms with Gasteiger partial charge in [0.15, 0.2) is 0 Å². The molecule has 0 fully saturated rings. The molecule has 0 atom stereocenters. The number of rotatable bonds is 5. The number of carbonyl (C=O) groups excluding carboxylic acids is 1. The second-order valence-electron chi connectivity index (χ2n) is 3.67. The Balaban J connectivity index is 0.00000256. The monoisotopic (exact) mass is 260 g/mol. The first-order valence-electron chi connectivity index (χ1n) is 5.34. The number of hydrogen-bond donors (Lipinski definition) is 2. The van der Waals surface area contributed by atoms with Gasteiger partial charge in [0, 0.05) is 12.1 Å². The molecule has 17 heavy (non-hydrogen) atoms. The highest BCUT2D eigenvalue weighted by molar-refractivity contribution is 5.95. The molecule has 0 aliphatic carbocycles. The van der Waals surface area contributed by atoms with Gasteiger partial charge in [-0.05, 0) is 44.6 Å². The minimum Gasteiger partial charge on any atom is -0.352 e. The van der Waals surface area contributed by atoms with Gasteiger partial charge in [-0.2, -0.15) is 0 Å². The van der Waals surface area contributed by atoms with E-state index >= 15 is 0 Å². The zero-order valence-corrected chi connectivity index (χ0v) is 10.9. The van der Waals surface area contributed by atoms with E-state index in [0.717, 1.165) is 18.5 Å². The largest absolute Gasteiger partial charge is 0.352 e. The predicted molar refractivity (Wildman–Crippen MR) is 69.3 cm³/mol. The van der Waals surface area contributed by atoms with Gasteiger partial charge in [-0.25, -0.2) is 4.39 Å². The highest BCUT2D eigenvalue weighted by Crippen LogP contribution is 2.09. The van der Waals surface area contributed by atoms with Crippen molar-refractivity contribution in [2.75, 3.05) is 20.1 Å². The van der Waals surface area contributed by atoms with E-state index in [0.29, 0.717) is 12.1 Å². The Hall–Kier alpha value is -1.13. The summed E-state index contributed by atoms with van der Waals surface area (Å²) in [6, 6.07) is 4.23. The number of benzene rings is 1. The van der Waals surface area contributed by atoms with Crippen LogP contribution in [-0.2, 0) is 0 Å². The molecule has 1 rings (SSSR count). The summed E-state index contributed by atoms with van der Waals surface area (Å²) in [5.41, 5.74) is 1.19.